The van der Waals surface area contributed by atoms with E-state index in [9.17, 15) is 17.9 Å². The van der Waals surface area contributed by atoms with Gasteiger partial charge in [-0.1, -0.05) is 6.92 Å². The largest absolute Gasteiger partial charge is 0.390 e. The molecule has 2 saturated heterocycles. The summed E-state index contributed by atoms with van der Waals surface area (Å²) in [6.45, 7) is 4.64. The smallest absolute Gasteiger partial charge is 0.211 e. The molecule has 0 spiro atoms. The number of rotatable bonds is 6. The van der Waals surface area contributed by atoms with Crippen molar-refractivity contribution in [3.63, 3.8) is 0 Å². The number of halogens is 1. The van der Waals surface area contributed by atoms with Crippen LogP contribution >= 0.6 is 0 Å². The van der Waals surface area contributed by atoms with Gasteiger partial charge >= 0.3 is 0 Å². The van der Waals surface area contributed by atoms with Crippen LogP contribution < -0.4 is 5.32 Å². The Morgan fingerprint density at radius 1 is 1.21 bits per heavy atom. The van der Waals surface area contributed by atoms with Crippen molar-refractivity contribution in [3.05, 3.63) is 65.4 Å². The molecular formula is C27H31FN6O3S. The molecule has 9 nitrogen and oxygen atoms in total. The Balaban J connectivity index is 1.32. The fourth-order valence-corrected chi connectivity index (χ4v) is 6.52. The van der Waals surface area contributed by atoms with Crippen LogP contribution in [0.1, 0.15) is 36.1 Å². The first kappa shape index (κ1) is 26.4. The van der Waals surface area contributed by atoms with Crippen LogP contribution in [-0.4, -0.2) is 77.3 Å². The fourth-order valence-electron chi connectivity index (χ4n) is 5.66. The molecule has 0 unspecified atom stereocenters. The predicted molar refractivity (Wildman–Crippen MR) is 142 cm³/mol. The summed E-state index contributed by atoms with van der Waals surface area (Å²) < 4.78 is 39.0. The van der Waals surface area contributed by atoms with Gasteiger partial charge in [0.1, 0.15) is 11.6 Å². The number of fused-ring (bicyclic) bond motifs is 1. The van der Waals surface area contributed by atoms with Crippen LogP contribution in [0.4, 0.5) is 10.2 Å². The highest BCUT2D eigenvalue weighted by atomic mass is 32.2. The number of hydrogen-bond acceptors (Lipinski definition) is 8. The zero-order valence-corrected chi connectivity index (χ0v) is 22.2. The molecule has 0 amide bonds. The molecule has 4 atom stereocenters. The molecule has 0 aliphatic carbocycles. The maximum Gasteiger partial charge on any atom is 0.211 e. The summed E-state index contributed by atoms with van der Waals surface area (Å²) in [6.07, 6.45) is 4.76. The van der Waals surface area contributed by atoms with Crippen molar-refractivity contribution in [1.82, 2.24) is 19.2 Å². The van der Waals surface area contributed by atoms with Crippen molar-refractivity contribution in [2.24, 2.45) is 5.92 Å². The molecular weight excluding hydrogens is 507 g/mol. The number of nitrogens with one attached hydrogen (secondary N) is 1. The minimum Gasteiger partial charge on any atom is -0.390 e. The quantitative estimate of drug-likeness (QED) is 0.491. The average molecular weight is 539 g/mol. The normalized spacial score (nSPS) is 24.9. The van der Waals surface area contributed by atoms with Crippen LogP contribution in [0.15, 0.2) is 42.7 Å². The summed E-state index contributed by atoms with van der Waals surface area (Å²) in [4.78, 5) is 11.5. The first-order valence-corrected chi connectivity index (χ1v) is 14.5. The predicted octanol–water partition coefficient (Wildman–Crippen LogP) is 2.68. The number of likely N-dealkylation sites (tertiary alicyclic amines) is 1. The molecule has 0 radical (unpaired) electrons. The lowest BCUT2D eigenvalue weighted by atomic mass is 9.82. The SMILES string of the molecule is C[C@@H]1CN(Cc2cc(F)cc(C#N)c2)CC[C@H]1c1nccc2cnc(N[C@@H]3CN(S(C)(=O)=O)C[C@@H]3O)cc12. The van der Waals surface area contributed by atoms with Gasteiger partial charge in [0.25, 0.3) is 0 Å². The lowest BCUT2D eigenvalue weighted by molar-refractivity contribution is 0.155. The van der Waals surface area contributed by atoms with Gasteiger partial charge in [0.05, 0.1) is 35.7 Å². The summed E-state index contributed by atoms with van der Waals surface area (Å²) in [5, 5.41) is 24.7. The minimum absolute atomic E-state index is 0.0560. The second-order valence-electron chi connectivity index (χ2n) is 10.5. The second-order valence-corrected chi connectivity index (χ2v) is 12.4. The maximum atomic E-state index is 13.9. The Labute approximate surface area is 222 Å². The van der Waals surface area contributed by atoms with E-state index >= 15 is 0 Å². The molecule has 0 bridgehead atoms. The van der Waals surface area contributed by atoms with Gasteiger partial charge in [0, 0.05) is 55.3 Å². The fraction of sp³-hybridized carbons (Fsp3) is 0.444. The van der Waals surface area contributed by atoms with Crippen molar-refractivity contribution < 1.29 is 17.9 Å². The zero-order chi connectivity index (χ0) is 27.0. The van der Waals surface area contributed by atoms with Gasteiger partial charge in [-0.3, -0.25) is 9.88 Å². The van der Waals surface area contributed by atoms with Gasteiger partial charge in [-0.05, 0) is 54.8 Å². The molecule has 5 rings (SSSR count). The number of β-amino-alcohol motifs (C(OH)–C–C–N with tert-alkyl or cyclic N) is 1. The van der Waals surface area contributed by atoms with E-state index in [1.54, 1.807) is 18.5 Å². The van der Waals surface area contributed by atoms with E-state index in [1.807, 2.05) is 18.2 Å². The van der Waals surface area contributed by atoms with E-state index in [2.05, 4.69) is 22.1 Å². The Morgan fingerprint density at radius 3 is 2.74 bits per heavy atom. The van der Waals surface area contributed by atoms with Gasteiger partial charge in [-0.15, -0.1) is 0 Å². The lowest BCUT2D eigenvalue weighted by Gasteiger charge is -2.37. The molecule has 4 heterocycles. The molecule has 2 fully saturated rings. The van der Waals surface area contributed by atoms with Gasteiger partial charge in [0.2, 0.25) is 10.0 Å². The highest BCUT2D eigenvalue weighted by Crippen LogP contribution is 2.36. The number of aliphatic hydroxyl groups is 1. The number of benzene rings is 1. The molecule has 2 N–H and O–H groups in total. The highest BCUT2D eigenvalue weighted by molar-refractivity contribution is 7.88. The number of sulfonamides is 1. The molecule has 3 aromatic rings. The van der Waals surface area contributed by atoms with Gasteiger partial charge in [-0.25, -0.2) is 17.8 Å². The van der Waals surface area contributed by atoms with E-state index in [0.29, 0.717) is 17.9 Å². The topological polar surface area (TPSA) is 122 Å². The monoisotopic (exact) mass is 538 g/mol. The summed E-state index contributed by atoms with van der Waals surface area (Å²) >= 11 is 0. The number of pyridine rings is 2. The summed E-state index contributed by atoms with van der Waals surface area (Å²) in [6, 6.07) is 9.89. The first-order valence-electron chi connectivity index (χ1n) is 12.7. The third kappa shape index (κ3) is 5.63. The maximum absolute atomic E-state index is 13.9. The Morgan fingerprint density at radius 2 is 2.03 bits per heavy atom. The number of anilines is 1. The Bertz CT molecular complexity index is 1490. The van der Waals surface area contributed by atoms with E-state index in [1.165, 1.54) is 16.4 Å². The molecule has 2 aromatic heterocycles. The molecule has 11 heteroatoms. The van der Waals surface area contributed by atoms with Crippen LogP contribution in [0.2, 0.25) is 0 Å². The van der Waals surface area contributed by atoms with Crippen LogP contribution in [0.25, 0.3) is 10.8 Å². The first-order chi connectivity index (χ1) is 18.1. The van der Waals surface area contributed by atoms with Crippen LogP contribution in [-0.2, 0) is 16.6 Å². The van der Waals surface area contributed by atoms with Crippen LogP contribution in [0.3, 0.4) is 0 Å². The molecule has 200 valence electrons. The van der Waals surface area contributed by atoms with Crippen molar-refractivity contribution in [3.8, 4) is 6.07 Å². The van der Waals surface area contributed by atoms with Crippen molar-refractivity contribution in [2.75, 3.05) is 37.8 Å². The molecule has 0 saturated carbocycles. The standard InChI is InChI=1S/C27H31FN6O3S/c1-17-13-33(14-19-7-18(11-29)8-21(28)9-19)6-4-22(17)27-23-10-26(31-12-20(23)3-5-30-27)32-24-15-34(16-25(24)35)38(2,36)37/h3,5,7-10,12,17,22,24-25,35H,4,6,13-16H2,1-2H3,(H,31,32)/t17-,22-,24-,25+/m1/s1. The Kier molecular flexibility index (Phi) is 7.33. The molecule has 38 heavy (non-hydrogen) atoms. The van der Waals surface area contributed by atoms with E-state index in [0.717, 1.165) is 47.8 Å². The Hall–Kier alpha value is -3.17. The minimum atomic E-state index is -3.39. The molecule has 2 aliphatic heterocycles. The number of hydrogen-bond donors (Lipinski definition) is 2. The van der Waals surface area contributed by atoms with Crippen LogP contribution in [0.5, 0.6) is 0 Å². The van der Waals surface area contributed by atoms with Crippen LogP contribution in [0, 0.1) is 23.1 Å². The number of aliphatic hydroxyl groups excluding tert-OH is 1. The summed E-state index contributed by atoms with van der Waals surface area (Å²) in [5.41, 5.74) is 2.11. The molecule has 1 aromatic carbocycles. The number of nitrogens with zero attached hydrogens (tertiary/aromatic N) is 5. The average Bonchev–Trinajstić information content (AvgIpc) is 3.24. The summed E-state index contributed by atoms with van der Waals surface area (Å²) in [7, 11) is -3.39. The number of nitriles is 1. The highest BCUT2D eigenvalue weighted by Gasteiger charge is 2.36. The zero-order valence-electron chi connectivity index (χ0n) is 21.4. The lowest BCUT2D eigenvalue weighted by Crippen LogP contribution is -2.38. The van der Waals surface area contributed by atoms with Gasteiger partial charge in [-0.2, -0.15) is 9.57 Å². The number of piperidine rings is 1. The van der Waals surface area contributed by atoms with Crippen molar-refractivity contribution in [1.29, 1.82) is 5.26 Å². The van der Waals surface area contributed by atoms with E-state index < -0.39 is 28.0 Å². The summed E-state index contributed by atoms with van der Waals surface area (Å²) in [5.74, 6) is 0.672. The molecule has 2 aliphatic rings. The second kappa shape index (κ2) is 10.5. The van der Waals surface area contributed by atoms with E-state index in [4.69, 9.17) is 10.2 Å². The third-order valence-corrected chi connectivity index (χ3v) is 8.81. The van der Waals surface area contributed by atoms with E-state index in [-0.39, 0.29) is 24.9 Å². The van der Waals surface area contributed by atoms with Crippen molar-refractivity contribution in [2.45, 2.75) is 38.0 Å². The van der Waals surface area contributed by atoms with Gasteiger partial charge < -0.3 is 10.4 Å². The van der Waals surface area contributed by atoms with Gasteiger partial charge in [0.15, 0.2) is 0 Å². The van der Waals surface area contributed by atoms with Crippen molar-refractivity contribution >= 4 is 26.6 Å². The number of aromatic nitrogens is 2. The third-order valence-electron chi connectivity index (χ3n) is 7.57.